The zero-order valence-corrected chi connectivity index (χ0v) is 14.5. The summed E-state index contributed by atoms with van der Waals surface area (Å²) in [7, 11) is -3.13. The van der Waals surface area contributed by atoms with Crippen LogP contribution in [-0.4, -0.2) is 30.5 Å². The van der Waals surface area contributed by atoms with Crippen LogP contribution in [0.2, 0.25) is 0 Å². The van der Waals surface area contributed by atoms with Crippen molar-refractivity contribution < 1.29 is 23.5 Å². The van der Waals surface area contributed by atoms with E-state index < -0.39 is 13.6 Å². The predicted molar refractivity (Wildman–Crippen MR) is 84.7 cm³/mol. The maximum absolute atomic E-state index is 12.4. The van der Waals surface area contributed by atoms with E-state index in [2.05, 4.69) is 0 Å². The van der Waals surface area contributed by atoms with Crippen molar-refractivity contribution >= 4 is 13.6 Å². The van der Waals surface area contributed by atoms with Crippen molar-refractivity contribution in [2.75, 3.05) is 19.4 Å². The summed E-state index contributed by atoms with van der Waals surface area (Å²) in [6.45, 7) is 9.70. The average Bonchev–Trinajstić information content (AvgIpc) is 2.40. The summed E-state index contributed by atoms with van der Waals surface area (Å²) >= 11 is 0. The van der Waals surface area contributed by atoms with Crippen molar-refractivity contribution in [3.8, 4) is 0 Å². The highest BCUT2D eigenvalue weighted by Crippen LogP contribution is 2.48. The number of hydrogen-bond acceptors (Lipinski definition) is 4. The number of carboxylic acid groups (broad SMARTS) is 1. The highest BCUT2D eigenvalue weighted by molar-refractivity contribution is 7.54. The van der Waals surface area contributed by atoms with Gasteiger partial charge in [-0.15, -0.1) is 0 Å². The van der Waals surface area contributed by atoms with Gasteiger partial charge in [0.25, 0.3) is 0 Å². The minimum Gasteiger partial charge on any atom is -0.478 e. The number of carbonyl (C=O) groups is 1. The molecule has 0 aromatic carbocycles. The second-order valence-corrected chi connectivity index (χ2v) is 6.58. The lowest BCUT2D eigenvalue weighted by atomic mass is 9.98. The van der Waals surface area contributed by atoms with Crippen molar-refractivity contribution in [3.05, 3.63) is 22.8 Å². The van der Waals surface area contributed by atoms with Gasteiger partial charge < -0.3 is 14.2 Å². The lowest BCUT2D eigenvalue weighted by Gasteiger charge is -2.16. The van der Waals surface area contributed by atoms with E-state index in [0.717, 1.165) is 11.1 Å². The Morgan fingerprint density at radius 1 is 1.10 bits per heavy atom. The van der Waals surface area contributed by atoms with Gasteiger partial charge in [-0.1, -0.05) is 19.9 Å². The molecule has 122 valence electrons. The maximum Gasteiger partial charge on any atom is 0.334 e. The average molecular weight is 318 g/mol. The van der Waals surface area contributed by atoms with E-state index in [-0.39, 0.29) is 6.16 Å². The molecule has 0 heterocycles. The first kappa shape index (κ1) is 20.1. The van der Waals surface area contributed by atoms with Crippen LogP contribution >= 0.6 is 7.60 Å². The Labute approximate surface area is 127 Å². The molecule has 0 unspecified atom stereocenters. The highest BCUT2D eigenvalue weighted by atomic mass is 31.2. The first-order valence-electron chi connectivity index (χ1n) is 7.35. The SMILES string of the molecule is CCOP(=O)(CC=C(CC)C(C)=C(CC)C(=O)O)OCC. The fraction of sp³-hybridized carbons (Fsp3) is 0.667. The van der Waals surface area contributed by atoms with Crippen molar-refractivity contribution in [2.45, 2.75) is 47.5 Å². The van der Waals surface area contributed by atoms with E-state index >= 15 is 0 Å². The molecule has 21 heavy (non-hydrogen) atoms. The zero-order chi connectivity index (χ0) is 16.5. The number of carboxylic acids is 1. The lowest BCUT2D eigenvalue weighted by molar-refractivity contribution is -0.132. The minimum absolute atomic E-state index is 0.159. The molecule has 0 radical (unpaired) electrons. The van der Waals surface area contributed by atoms with E-state index in [9.17, 15) is 14.5 Å². The quantitative estimate of drug-likeness (QED) is 0.367. The van der Waals surface area contributed by atoms with Crippen LogP contribution in [-0.2, 0) is 18.4 Å². The number of hydrogen-bond donors (Lipinski definition) is 1. The molecule has 0 aliphatic heterocycles. The van der Waals surface area contributed by atoms with Gasteiger partial charge in [0, 0.05) is 5.57 Å². The molecule has 0 saturated carbocycles. The second-order valence-electron chi connectivity index (χ2n) is 4.47. The molecule has 0 atom stereocenters. The third kappa shape index (κ3) is 6.60. The summed E-state index contributed by atoms with van der Waals surface area (Å²) in [5.41, 5.74) is 1.98. The predicted octanol–water partition coefficient (Wildman–Crippen LogP) is 4.40. The maximum atomic E-state index is 12.4. The smallest absolute Gasteiger partial charge is 0.334 e. The third-order valence-corrected chi connectivity index (χ3v) is 5.07. The number of rotatable bonds is 10. The normalized spacial score (nSPS) is 14.0. The second kappa shape index (κ2) is 9.93. The van der Waals surface area contributed by atoms with Crippen LogP contribution < -0.4 is 0 Å². The van der Waals surface area contributed by atoms with Crippen molar-refractivity contribution in [2.24, 2.45) is 0 Å². The first-order chi connectivity index (χ1) is 9.85. The van der Waals surface area contributed by atoms with Crippen LogP contribution in [0, 0.1) is 0 Å². The largest absolute Gasteiger partial charge is 0.478 e. The molecule has 0 aliphatic rings. The first-order valence-corrected chi connectivity index (χ1v) is 9.08. The third-order valence-electron chi connectivity index (χ3n) is 3.14. The van der Waals surface area contributed by atoms with E-state index in [0.29, 0.717) is 31.6 Å². The number of aliphatic carboxylic acids is 1. The van der Waals surface area contributed by atoms with Gasteiger partial charge in [-0.2, -0.15) is 0 Å². The Kier molecular flexibility index (Phi) is 9.51. The van der Waals surface area contributed by atoms with E-state index in [1.165, 1.54) is 0 Å². The summed E-state index contributed by atoms with van der Waals surface area (Å²) < 4.78 is 22.9. The minimum atomic E-state index is -3.13. The van der Waals surface area contributed by atoms with Gasteiger partial charge in [0.15, 0.2) is 0 Å². The fourth-order valence-electron chi connectivity index (χ4n) is 2.09. The lowest BCUT2D eigenvalue weighted by Crippen LogP contribution is -2.05. The van der Waals surface area contributed by atoms with E-state index in [1.54, 1.807) is 26.8 Å². The monoisotopic (exact) mass is 318 g/mol. The molecule has 0 aromatic heterocycles. The molecule has 0 amide bonds. The molecule has 0 spiro atoms. The Bertz CT molecular complexity index is 441. The van der Waals surface area contributed by atoms with Gasteiger partial charge >= 0.3 is 13.6 Å². The van der Waals surface area contributed by atoms with E-state index in [4.69, 9.17) is 9.05 Å². The summed E-state index contributed by atoms with van der Waals surface area (Å²) in [6.07, 6.45) is 3.06. The highest BCUT2D eigenvalue weighted by Gasteiger charge is 2.22. The molecule has 0 bridgehead atoms. The summed E-state index contributed by atoms with van der Waals surface area (Å²) in [5, 5.41) is 9.20. The number of allylic oxidation sites excluding steroid dienone is 3. The van der Waals surface area contributed by atoms with Crippen molar-refractivity contribution in [1.82, 2.24) is 0 Å². The molecule has 0 aliphatic carbocycles. The van der Waals surface area contributed by atoms with E-state index in [1.807, 2.05) is 13.8 Å². The van der Waals surface area contributed by atoms with Crippen LogP contribution in [0.5, 0.6) is 0 Å². The van der Waals surface area contributed by atoms with Gasteiger partial charge in [-0.25, -0.2) is 4.79 Å². The Morgan fingerprint density at radius 2 is 1.62 bits per heavy atom. The van der Waals surface area contributed by atoms with Crippen LogP contribution in [0.15, 0.2) is 22.8 Å². The van der Waals surface area contributed by atoms with Gasteiger partial charge in [-0.3, -0.25) is 4.57 Å². The molecular formula is C15H27O5P. The zero-order valence-electron chi connectivity index (χ0n) is 13.6. The van der Waals surface area contributed by atoms with Crippen LogP contribution in [0.25, 0.3) is 0 Å². The standard InChI is InChI=1S/C15H27O5P/c1-6-13(12(5)14(7-2)15(16)17)10-11-21(18,19-8-3)20-9-4/h10H,6-9,11H2,1-5H3,(H,16,17). The van der Waals surface area contributed by atoms with Crippen LogP contribution in [0.1, 0.15) is 47.5 Å². The van der Waals surface area contributed by atoms with Crippen LogP contribution in [0.4, 0.5) is 0 Å². The van der Waals surface area contributed by atoms with Gasteiger partial charge in [0.2, 0.25) is 0 Å². The molecule has 0 fully saturated rings. The van der Waals surface area contributed by atoms with Crippen LogP contribution in [0.3, 0.4) is 0 Å². The summed E-state index contributed by atoms with van der Waals surface area (Å²) in [4.78, 5) is 11.2. The van der Waals surface area contributed by atoms with Gasteiger partial charge in [0.05, 0.1) is 19.4 Å². The molecule has 0 saturated heterocycles. The Hall–Kier alpha value is -0.900. The van der Waals surface area contributed by atoms with Crippen molar-refractivity contribution in [3.63, 3.8) is 0 Å². The molecule has 6 heteroatoms. The summed E-state index contributed by atoms with van der Waals surface area (Å²) in [5.74, 6) is -0.910. The Morgan fingerprint density at radius 3 is 1.95 bits per heavy atom. The topological polar surface area (TPSA) is 72.8 Å². The van der Waals surface area contributed by atoms with Gasteiger partial charge in [0.1, 0.15) is 0 Å². The molecule has 0 rings (SSSR count). The van der Waals surface area contributed by atoms with Crippen molar-refractivity contribution in [1.29, 1.82) is 0 Å². The molecular weight excluding hydrogens is 291 g/mol. The fourth-order valence-corrected chi connectivity index (χ4v) is 3.61. The van der Waals surface area contributed by atoms with Gasteiger partial charge in [-0.05, 0) is 44.8 Å². The summed E-state index contributed by atoms with van der Waals surface area (Å²) in [6, 6.07) is 0. The molecule has 0 aromatic rings. The molecule has 1 N–H and O–H groups in total. The Balaban J connectivity index is 5.36. The molecule has 5 nitrogen and oxygen atoms in total.